The number of oxazole rings is 1. The molecule has 1 N–H and O–H groups in total. The van der Waals surface area contributed by atoms with Crippen molar-refractivity contribution in [1.82, 2.24) is 4.98 Å². The molecule has 0 amide bonds. The summed E-state index contributed by atoms with van der Waals surface area (Å²) in [7, 11) is 0. The number of nitrogens with zero attached hydrogens (tertiary/aromatic N) is 1. The first-order chi connectivity index (χ1) is 7.16. The van der Waals surface area contributed by atoms with E-state index in [4.69, 9.17) is 9.52 Å². The molecule has 0 aliphatic heterocycles. The Kier molecular flexibility index (Phi) is 2.72. The van der Waals surface area contributed by atoms with Gasteiger partial charge in [0.1, 0.15) is 5.52 Å². The number of aromatic nitrogens is 1. The van der Waals surface area contributed by atoms with Gasteiger partial charge in [-0.15, -0.1) is 0 Å². The van der Waals surface area contributed by atoms with Gasteiger partial charge in [0.05, 0.1) is 0 Å². The zero-order valence-corrected chi connectivity index (χ0v) is 9.63. The number of benzene rings is 1. The maximum absolute atomic E-state index is 10.3. The number of carboxylic acid groups (broad SMARTS) is 1. The Hall–Kier alpha value is -1.37. The smallest absolute Gasteiger partial charge is 0.328 e. The standard InChI is InChI=1S/C10H6INO3/c11-6-2-1-3-7-10(6)12-8(15-7)4-5-9(13)14/h1-5H,(H,13,14)/b5-4+. The van der Waals surface area contributed by atoms with Crippen LogP contribution in [0.1, 0.15) is 5.89 Å². The van der Waals surface area contributed by atoms with Crippen molar-refractivity contribution in [1.29, 1.82) is 0 Å². The van der Waals surface area contributed by atoms with Gasteiger partial charge in [-0.25, -0.2) is 9.78 Å². The zero-order chi connectivity index (χ0) is 10.8. The predicted octanol–water partition coefficient (Wildman–Crippen LogP) is 2.53. The van der Waals surface area contributed by atoms with E-state index in [1.807, 2.05) is 12.1 Å². The molecule has 1 aromatic carbocycles. The summed E-state index contributed by atoms with van der Waals surface area (Å²) in [4.78, 5) is 14.5. The van der Waals surface area contributed by atoms with E-state index >= 15 is 0 Å². The highest BCUT2D eigenvalue weighted by Crippen LogP contribution is 2.21. The van der Waals surface area contributed by atoms with Crippen molar-refractivity contribution >= 4 is 45.7 Å². The second-order valence-corrected chi connectivity index (χ2v) is 3.97. The molecule has 0 saturated heterocycles. The van der Waals surface area contributed by atoms with Gasteiger partial charge in [0.25, 0.3) is 0 Å². The highest BCUT2D eigenvalue weighted by atomic mass is 127. The van der Waals surface area contributed by atoms with Gasteiger partial charge in [-0.05, 0) is 34.7 Å². The lowest BCUT2D eigenvalue weighted by Gasteiger charge is -1.86. The highest BCUT2D eigenvalue weighted by Gasteiger charge is 2.05. The van der Waals surface area contributed by atoms with Crippen LogP contribution >= 0.6 is 22.6 Å². The molecule has 0 fully saturated rings. The second-order valence-electron chi connectivity index (χ2n) is 2.81. The van der Waals surface area contributed by atoms with Gasteiger partial charge in [-0.3, -0.25) is 0 Å². The lowest BCUT2D eigenvalue weighted by atomic mass is 10.3. The van der Waals surface area contributed by atoms with Crippen LogP contribution in [0.25, 0.3) is 17.2 Å². The van der Waals surface area contributed by atoms with E-state index in [0.717, 1.165) is 15.2 Å². The molecule has 1 heterocycles. The third-order valence-corrected chi connectivity index (χ3v) is 2.63. The van der Waals surface area contributed by atoms with E-state index in [1.165, 1.54) is 6.08 Å². The summed E-state index contributed by atoms with van der Waals surface area (Å²) in [5.41, 5.74) is 1.41. The minimum atomic E-state index is -1.02. The van der Waals surface area contributed by atoms with Crippen LogP contribution in [0.4, 0.5) is 0 Å². The van der Waals surface area contributed by atoms with Crippen molar-refractivity contribution in [2.24, 2.45) is 0 Å². The third-order valence-electron chi connectivity index (χ3n) is 1.75. The van der Waals surface area contributed by atoms with Crippen molar-refractivity contribution < 1.29 is 14.3 Å². The van der Waals surface area contributed by atoms with Gasteiger partial charge in [0, 0.05) is 15.7 Å². The summed E-state index contributed by atoms with van der Waals surface area (Å²) >= 11 is 2.15. The Bertz CT molecular complexity index is 545. The number of aliphatic carboxylic acids is 1. The number of carbonyl (C=O) groups is 1. The van der Waals surface area contributed by atoms with E-state index in [0.29, 0.717) is 11.5 Å². The van der Waals surface area contributed by atoms with Crippen LogP contribution in [0.15, 0.2) is 28.7 Å². The first-order valence-electron chi connectivity index (χ1n) is 4.13. The number of hydrogen-bond donors (Lipinski definition) is 1. The molecule has 2 aromatic rings. The second kappa shape index (κ2) is 4.01. The minimum absolute atomic E-state index is 0.302. The molecule has 1 aromatic heterocycles. The number of halogens is 1. The largest absolute Gasteiger partial charge is 0.478 e. The molecular formula is C10H6INO3. The van der Waals surface area contributed by atoms with Crippen LogP contribution in [0.5, 0.6) is 0 Å². The van der Waals surface area contributed by atoms with Crippen molar-refractivity contribution in [2.45, 2.75) is 0 Å². The van der Waals surface area contributed by atoms with Gasteiger partial charge in [0.2, 0.25) is 5.89 Å². The van der Waals surface area contributed by atoms with Gasteiger partial charge in [-0.1, -0.05) is 6.07 Å². The Balaban J connectivity index is 2.48. The maximum Gasteiger partial charge on any atom is 0.328 e. The lowest BCUT2D eigenvalue weighted by Crippen LogP contribution is -1.85. The molecule has 0 bridgehead atoms. The van der Waals surface area contributed by atoms with Gasteiger partial charge >= 0.3 is 5.97 Å². The Morgan fingerprint density at radius 3 is 3.00 bits per heavy atom. The van der Waals surface area contributed by atoms with Crippen LogP contribution < -0.4 is 0 Å². The predicted molar refractivity (Wildman–Crippen MR) is 63.4 cm³/mol. The summed E-state index contributed by atoms with van der Waals surface area (Å²) in [5, 5.41) is 8.45. The SMILES string of the molecule is O=C(O)/C=C/c1nc2c(I)cccc2o1. The van der Waals surface area contributed by atoms with Crippen LogP contribution in [0.3, 0.4) is 0 Å². The van der Waals surface area contributed by atoms with Gasteiger partial charge in [0.15, 0.2) is 5.58 Å². The summed E-state index contributed by atoms with van der Waals surface area (Å²) in [6.07, 6.45) is 2.33. The van der Waals surface area contributed by atoms with Crippen LogP contribution in [0, 0.1) is 3.57 Å². The molecule has 0 aliphatic rings. The fourth-order valence-electron chi connectivity index (χ4n) is 1.15. The number of fused-ring (bicyclic) bond motifs is 1. The number of carboxylic acids is 1. The van der Waals surface area contributed by atoms with Crippen molar-refractivity contribution in [3.8, 4) is 0 Å². The van der Waals surface area contributed by atoms with Gasteiger partial charge < -0.3 is 9.52 Å². The first-order valence-corrected chi connectivity index (χ1v) is 5.21. The first kappa shape index (κ1) is 10.2. The van der Waals surface area contributed by atoms with Crippen LogP contribution in [0.2, 0.25) is 0 Å². The lowest BCUT2D eigenvalue weighted by molar-refractivity contribution is -0.131. The van der Waals surface area contributed by atoms with E-state index < -0.39 is 5.97 Å². The van der Waals surface area contributed by atoms with E-state index in [1.54, 1.807) is 6.07 Å². The quantitative estimate of drug-likeness (QED) is 0.683. The molecule has 0 aliphatic carbocycles. The molecule has 0 spiro atoms. The summed E-state index contributed by atoms with van der Waals surface area (Å²) in [6.45, 7) is 0. The molecule has 5 heteroatoms. The molecule has 0 saturated carbocycles. The highest BCUT2D eigenvalue weighted by molar-refractivity contribution is 14.1. The molecular weight excluding hydrogens is 309 g/mol. The van der Waals surface area contributed by atoms with Gasteiger partial charge in [-0.2, -0.15) is 0 Å². The van der Waals surface area contributed by atoms with E-state index in [9.17, 15) is 4.79 Å². The average Bonchev–Trinajstić information content (AvgIpc) is 2.59. The molecule has 0 atom stereocenters. The normalized spacial score (nSPS) is 11.3. The monoisotopic (exact) mass is 315 g/mol. The van der Waals surface area contributed by atoms with Crippen LogP contribution in [-0.4, -0.2) is 16.1 Å². The molecule has 0 unspecified atom stereocenters. The molecule has 76 valence electrons. The van der Waals surface area contributed by atoms with E-state index in [2.05, 4.69) is 27.6 Å². The zero-order valence-electron chi connectivity index (χ0n) is 7.48. The Morgan fingerprint density at radius 2 is 2.33 bits per heavy atom. The number of para-hydroxylation sites is 1. The summed E-state index contributed by atoms with van der Waals surface area (Å²) in [5.74, 6) is -0.719. The average molecular weight is 315 g/mol. The molecule has 4 nitrogen and oxygen atoms in total. The maximum atomic E-state index is 10.3. The van der Waals surface area contributed by atoms with Crippen molar-refractivity contribution in [3.05, 3.63) is 33.7 Å². The number of hydrogen-bond acceptors (Lipinski definition) is 3. The molecule has 15 heavy (non-hydrogen) atoms. The van der Waals surface area contributed by atoms with Crippen LogP contribution in [-0.2, 0) is 4.79 Å². The molecule has 0 radical (unpaired) electrons. The fraction of sp³-hybridized carbons (Fsp3) is 0. The van der Waals surface area contributed by atoms with Crippen molar-refractivity contribution in [2.75, 3.05) is 0 Å². The Morgan fingerprint density at radius 1 is 1.53 bits per heavy atom. The Labute approximate surface area is 98.7 Å². The third kappa shape index (κ3) is 2.17. The topological polar surface area (TPSA) is 63.3 Å². The number of rotatable bonds is 2. The molecule has 2 rings (SSSR count). The summed E-state index contributed by atoms with van der Waals surface area (Å²) in [6, 6.07) is 5.57. The summed E-state index contributed by atoms with van der Waals surface area (Å²) < 4.78 is 6.31. The van der Waals surface area contributed by atoms with E-state index in [-0.39, 0.29) is 0 Å². The van der Waals surface area contributed by atoms with Crippen molar-refractivity contribution in [3.63, 3.8) is 0 Å². The fourth-order valence-corrected chi connectivity index (χ4v) is 1.74. The minimum Gasteiger partial charge on any atom is -0.478 e.